The number of rotatable bonds is 1. The molecule has 0 atom stereocenters. The van der Waals surface area contributed by atoms with Gasteiger partial charge in [-0.25, -0.2) is 0 Å². The number of nitrogens with zero attached hydrogens (tertiary/aromatic N) is 2. The first-order valence-electron chi connectivity index (χ1n) is 12.6. The van der Waals surface area contributed by atoms with Gasteiger partial charge in [0.15, 0.2) is 0 Å². The SMILES string of the molecule is Cc1cc(C)c2cccc([O-])c2n1.Cc1cc(C)c2cccc([O-])c2n1.[Al+3].[O-]c1ccc(-c2ccccc2)cc1. The molecule has 0 bridgehead atoms. The fraction of sp³-hybridized carbons (Fsp3) is 0.118. The Morgan fingerprint density at radius 2 is 0.900 bits per heavy atom. The molecule has 0 aliphatic carbocycles. The third-order valence-electron chi connectivity index (χ3n) is 6.24. The first kappa shape index (κ1) is 30.2. The van der Waals surface area contributed by atoms with Crippen LogP contribution in [0.15, 0.2) is 103 Å². The molecule has 0 unspecified atom stereocenters. The molecule has 6 heteroatoms. The molecule has 0 saturated heterocycles. The zero-order valence-corrected chi connectivity index (χ0v) is 24.2. The maximum absolute atomic E-state index is 11.4. The summed E-state index contributed by atoms with van der Waals surface area (Å²) in [5, 5.41) is 35.6. The first-order chi connectivity index (χ1) is 18.7. The number of fused-ring (bicyclic) bond motifs is 2. The van der Waals surface area contributed by atoms with E-state index in [2.05, 4.69) is 9.97 Å². The molecule has 0 fully saturated rings. The van der Waals surface area contributed by atoms with Crippen molar-refractivity contribution < 1.29 is 15.3 Å². The van der Waals surface area contributed by atoms with Crippen LogP contribution in [-0.4, -0.2) is 27.3 Å². The average molecular weight is 541 g/mol. The third kappa shape index (κ3) is 7.39. The Bertz CT molecular complexity index is 1630. The molecule has 0 radical (unpaired) electrons. The summed E-state index contributed by atoms with van der Waals surface area (Å²) < 4.78 is 0. The van der Waals surface area contributed by atoms with E-state index in [1.807, 2.05) is 94.4 Å². The van der Waals surface area contributed by atoms with Crippen molar-refractivity contribution in [3.05, 3.63) is 126 Å². The van der Waals surface area contributed by atoms with Crippen LogP contribution in [0, 0.1) is 27.7 Å². The molecule has 40 heavy (non-hydrogen) atoms. The summed E-state index contributed by atoms with van der Waals surface area (Å²) in [6, 6.07) is 31.3. The van der Waals surface area contributed by atoms with E-state index in [4.69, 9.17) is 0 Å². The van der Waals surface area contributed by atoms with Gasteiger partial charge in [-0.2, -0.15) is 0 Å². The minimum atomic E-state index is 0. The van der Waals surface area contributed by atoms with E-state index in [-0.39, 0.29) is 34.6 Å². The molecule has 0 N–H and O–H groups in total. The average Bonchev–Trinajstić information content (AvgIpc) is 2.92. The smallest absolute Gasteiger partial charge is 0.872 e. The number of hydrogen-bond acceptors (Lipinski definition) is 5. The summed E-state index contributed by atoms with van der Waals surface area (Å²) in [6.45, 7) is 7.80. The predicted octanol–water partition coefficient (Wildman–Crippen LogP) is 5.90. The topological polar surface area (TPSA) is 95.0 Å². The maximum Gasteiger partial charge on any atom is 3.00 e. The fourth-order valence-electron chi connectivity index (χ4n) is 4.39. The number of aromatic nitrogens is 2. The van der Waals surface area contributed by atoms with Crippen molar-refractivity contribution in [3.63, 3.8) is 0 Å². The minimum Gasteiger partial charge on any atom is -0.872 e. The van der Waals surface area contributed by atoms with E-state index in [1.54, 1.807) is 36.4 Å². The molecule has 2 heterocycles. The van der Waals surface area contributed by atoms with Crippen LogP contribution < -0.4 is 15.3 Å². The Morgan fingerprint density at radius 1 is 0.475 bits per heavy atom. The Labute approximate surface area is 245 Å². The number of aryl methyl sites for hydroxylation is 4. The van der Waals surface area contributed by atoms with Crippen molar-refractivity contribution >= 4 is 39.2 Å². The summed E-state index contributed by atoms with van der Waals surface area (Å²) in [4.78, 5) is 8.45. The molecule has 5 nitrogen and oxygen atoms in total. The van der Waals surface area contributed by atoms with Crippen LogP contribution in [0.5, 0.6) is 17.2 Å². The summed E-state index contributed by atoms with van der Waals surface area (Å²) >= 11 is 0. The van der Waals surface area contributed by atoms with Gasteiger partial charge >= 0.3 is 17.4 Å². The summed E-state index contributed by atoms with van der Waals surface area (Å²) in [7, 11) is 0. The monoisotopic (exact) mass is 540 g/mol. The molecular weight excluding hydrogens is 511 g/mol. The van der Waals surface area contributed by atoms with Gasteiger partial charge < -0.3 is 15.3 Å². The third-order valence-corrected chi connectivity index (χ3v) is 6.24. The van der Waals surface area contributed by atoms with Crippen LogP contribution in [0.2, 0.25) is 0 Å². The van der Waals surface area contributed by atoms with E-state index >= 15 is 0 Å². The van der Waals surface area contributed by atoms with Gasteiger partial charge in [-0.15, -0.1) is 5.75 Å². The fourth-order valence-corrected chi connectivity index (χ4v) is 4.39. The van der Waals surface area contributed by atoms with E-state index < -0.39 is 0 Å². The van der Waals surface area contributed by atoms with Gasteiger partial charge in [0.2, 0.25) is 0 Å². The first-order valence-corrected chi connectivity index (χ1v) is 12.6. The minimum absolute atomic E-state index is 0. The van der Waals surface area contributed by atoms with Gasteiger partial charge in [0, 0.05) is 22.2 Å². The maximum atomic E-state index is 11.4. The molecule has 6 rings (SSSR count). The van der Waals surface area contributed by atoms with E-state index in [1.165, 1.54) is 0 Å². The molecule has 0 aliphatic rings. The number of benzene rings is 4. The van der Waals surface area contributed by atoms with E-state index in [0.29, 0.717) is 11.0 Å². The van der Waals surface area contributed by atoms with Crippen LogP contribution in [-0.2, 0) is 0 Å². The predicted molar refractivity (Wildman–Crippen MR) is 158 cm³/mol. The second-order valence-electron chi connectivity index (χ2n) is 9.36. The van der Waals surface area contributed by atoms with Crippen molar-refractivity contribution in [2.45, 2.75) is 27.7 Å². The van der Waals surface area contributed by atoms with Crippen molar-refractivity contribution in [3.8, 4) is 28.4 Å². The van der Waals surface area contributed by atoms with Gasteiger partial charge in [-0.05, 0) is 62.1 Å². The molecule has 0 aliphatic heterocycles. The van der Waals surface area contributed by atoms with E-state index in [9.17, 15) is 15.3 Å². The second kappa shape index (κ2) is 13.6. The largest absolute Gasteiger partial charge is 3.00 e. The molecule has 0 saturated carbocycles. The zero-order valence-electron chi connectivity index (χ0n) is 23.0. The Balaban J connectivity index is 0.000000163. The normalized spacial score (nSPS) is 10.1. The van der Waals surface area contributed by atoms with Crippen LogP contribution in [0.3, 0.4) is 0 Å². The zero-order chi connectivity index (χ0) is 27.9. The van der Waals surface area contributed by atoms with Crippen molar-refractivity contribution in [2.24, 2.45) is 0 Å². The van der Waals surface area contributed by atoms with Crippen molar-refractivity contribution in [1.29, 1.82) is 0 Å². The molecule has 6 aromatic rings. The molecule has 0 amide bonds. The van der Waals surface area contributed by atoms with Crippen LogP contribution in [0.1, 0.15) is 22.5 Å². The van der Waals surface area contributed by atoms with Gasteiger partial charge in [-0.3, -0.25) is 9.97 Å². The number of hydrogen-bond donors (Lipinski definition) is 0. The molecule has 4 aromatic carbocycles. The van der Waals surface area contributed by atoms with Crippen LogP contribution in [0.25, 0.3) is 32.9 Å². The van der Waals surface area contributed by atoms with Gasteiger partial charge in [0.1, 0.15) is 0 Å². The molecule has 0 spiro atoms. The van der Waals surface area contributed by atoms with Gasteiger partial charge in [-0.1, -0.05) is 102 Å². The second-order valence-corrected chi connectivity index (χ2v) is 9.36. The molecule has 2 aromatic heterocycles. The molecular formula is C34H29AlN2O3. The number of pyridine rings is 2. The standard InChI is InChI=1S/C12H10O.2C11H11NO.Al/c13-12-8-6-11(7-9-12)10-4-2-1-3-5-10;2*1-7-6-8(2)12-11-9(7)4-3-5-10(11)13;/h1-9,13H;2*3-6,13H,1-2H3;/q;;;+3/p-3. The van der Waals surface area contributed by atoms with Crippen molar-refractivity contribution in [2.75, 3.05) is 0 Å². The summed E-state index contributed by atoms with van der Waals surface area (Å²) in [5.41, 5.74) is 7.41. The Hall–Kier alpha value is -4.37. The molecule has 196 valence electrons. The summed E-state index contributed by atoms with van der Waals surface area (Å²) in [5.74, 6) is 0.0632. The van der Waals surface area contributed by atoms with Crippen LogP contribution >= 0.6 is 0 Å². The van der Waals surface area contributed by atoms with Gasteiger partial charge in [0.05, 0.1) is 11.0 Å². The quantitative estimate of drug-likeness (QED) is 0.242. The Kier molecular flexibility index (Phi) is 10.3. The van der Waals surface area contributed by atoms with Gasteiger partial charge in [0.25, 0.3) is 0 Å². The van der Waals surface area contributed by atoms with Crippen LogP contribution in [0.4, 0.5) is 0 Å². The Morgan fingerprint density at radius 3 is 1.35 bits per heavy atom. The number of para-hydroxylation sites is 2. The van der Waals surface area contributed by atoms with Crippen molar-refractivity contribution in [1.82, 2.24) is 9.97 Å². The van der Waals surface area contributed by atoms with E-state index in [0.717, 1.165) is 44.4 Å². The summed E-state index contributed by atoms with van der Waals surface area (Å²) in [6.07, 6.45) is 0.